The van der Waals surface area contributed by atoms with Crippen molar-refractivity contribution in [1.29, 1.82) is 0 Å². The van der Waals surface area contributed by atoms with E-state index in [4.69, 9.17) is 27.9 Å². The lowest BCUT2D eigenvalue weighted by Gasteiger charge is -2.06. The first-order valence-electron chi connectivity index (χ1n) is 3.29. The molecule has 5 heteroatoms. The molecule has 0 bridgehead atoms. The van der Waals surface area contributed by atoms with Crippen LogP contribution in [0.3, 0.4) is 0 Å². The SMILES string of the molecule is COc1cc(F)cc(Cl)c1C(=O)Cl. The number of methoxy groups -OCH3 is 1. The molecular formula is C8H5Cl2FO2. The molecule has 0 unspecified atom stereocenters. The molecule has 0 aliphatic carbocycles. The zero-order valence-electron chi connectivity index (χ0n) is 6.61. The lowest BCUT2D eigenvalue weighted by molar-refractivity contribution is 0.107. The highest BCUT2D eigenvalue weighted by Crippen LogP contribution is 2.29. The number of hydrogen-bond acceptors (Lipinski definition) is 2. The largest absolute Gasteiger partial charge is 0.496 e. The lowest BCUT2D eigenvalue weighted by atomic mass is 10.2. The van der Waals surface area contributed by atoms with Crippen molar-refractivity contribution in [3.05, 3.63) is 28.5 Å². The van der Waals surface area contributed by atoms with E-state index in [9.17, 15) is 9.18 Å². The molecule has 0 aliphatic rings. The zero-order chi connectivity index (χ0) is 10.0. The molecule has 2 nitrogen and oxygen atoms in total. The third-order valence-corrected chi connectivity index (χ3v) is 1.92. The second kappa shape index (κ2) is 3.94. The maximum atomic E-state index is 12.7. The van der Waals surface area contributed by atoms with Gasteiger partial charge >= 0.3 is 0 Å². The zero-order valence-corrected chi connectivity index (χ0v) is 8.12. The van der Waals surface area contributed by atoms with Gasteiger partial charge in [-0.1, -0.05) is 11.6 Å². The van der Waals surface area contributed by atoms with Gasteiger partial charge in [-0.05, 0) is 17.7 Å². The van der Waals surface area contributed by atoms with Crippen molar-refractivity contribution < 1.29 is 13.9 Å². The normalized spacial score (nSPS) is 9.85. The average molecular weight is 223 g/mol. The Morgan fingerprint density at radius 2 is 2.15 bits per heavy atom. The van der Waals surface area contributed by atoms with E-state index in [-0.39, 0.29) is 16.3 Å². The Bertz CT molecular complexity index is 352. The molecule has 0 saturated carbocycles. The average Bonchev–Trinajstić information content (AvgIpc) is 2.01. The number of carbonyl (C=O) groups is 1. The Balaban J connectivity index is 3.38. The van der Waals surface area contributed by atoms with Gasteiger partial charge in [-0.2, -0.15) is 0 Å². The molecule has 0 amide bonds. The summed E-state index contributed by atoms with van der Waals surface area (Å²) >= 11 is 10.8. The lowest BCUT2D eigenvalue weighted by Crippen LogP contribution is -1.97. The van der Waals surface area contributed by atoms with Gasteiger partial charge in [-0.25, -0.2) is 4.39 Å². The Morgan fingerprint density at radius 1 is 1.54 bits per heavy atom. The van der Waals surface area contributed by atoms with Crippen molar-refractivity contribution in [3.63, 3.8) is 0 Å². The van der Waals surface area contributed by atoms with Crippen LogP contribution in [-0.4, -0.2) is 12.4 Å². The molecule has 0 N–H and O–H groups in total. The maximum absolute atomic E-state index is 12.7. The van der Waals surface area contributed by atoms with Crippen LogP contribution in [-0.2, 0) is 0 Å². The van der Waals surface area contributed by atoms with Crippen LogP contribution in [0.25, 0.3) is 0 Å². The highest BCUT2D eigenvalue weighted by atomic mass is 35.5. The first kappa shape index (κ1) is 10.3. The van der Waals surface area contributed by atoms with Crippen LogP contribution in [0.1, 0.15) is 10.4 Å². The minimum absolute atomic E-state index is 0.0211. The standard InChI is InChI=1S/C8H5Cl2FO2/c1-13-6-3-4(11)2-5(9)7(6)8(10)12/h2-3H,1H3. The van der Waals surface area contributed by atoms with E-state index in [1.54, 1.807) is 0 Å². The molecular weight excluding hydrogens is 218 g/mol. The molecule has 1 rings (SSSR count). The number of hydrogen-bond donors (Lipinski definition) is 0. The molecule has 0 saturated heterocycles. The summed E-state index contributed by atoms with van der Waals surface area (Å²) in [4.78, 5) is 10.8. The smallest absolute Gasteiger partial charge is 0.257 e. The van der Waals surface area contributed by atoms with Crippen molar-refractivity contribution in [1.82, 2.24) is 0 Å². The number of benzene rings is 1. The third-order valence-electron chi connectivity index (χ3n) is 1.44. The van der Waals surface area contributed by atoms with Crippen LogP contribution in [0, 0.1) is 5.82 Å². The van der Waals surface area contributed by atoms with E-state index in [1.807, 2.05) is 0 Å². The van der Waals surface area contributed by atoms with Crippen molar-refractivity contribution >= 4 is 28.4 Å². The highest BCUT2D eigenvalue weighted by molar-refractivity contribution is 6.69. The molecule has 13 heavy (non-hydrogen) atoms. The molecule has 0 aromatic heterocycles. The quantitative estimate of drug-likeness (QED) is 0.720. The molecule has 1 aromatic rings. The summed E-state index contributed by atoms with van der Waals surface area (Å²) in [6.45, 7) is 0. The van der Waals surface area contributed by atoms with Gasteiger partial charge in [0.15, 0.2) is 0 Å². The maximum Gasteiger partial charge on any atom is 0.257 e. The minimum Gasteiger partial charge on any atom is -0.496 e. The summed E-state index contributed by atoms with van der Waals surface area (Å²) in [5, 5.41) is -0.835. The highest BCUT2D eigenvalue weighted by Gasteiger charge is 2.15. The van der Waals surface area contributed by atoms with Crippen LogP contribution in [0.2, 0.25) is 5.02 Å². The Hall–Kier alpha value is -0.800. The first-order valence-corrected chi connectivity index (χ1v) is 4.04. The summed E-state index contributed by atoms with van der Waals surface area (Å²) in [6.07, 6.45) is 0. The van der Waals surface area contributed by atoms with E-state index in [0.29, 0.717) is 0 Å². The van der Waals surface area contributed by atoms with Crippen LogP contribution < -0.4 is 4.74 Å². The van der Waals surface area contributed by atoms with Crippen LogP contribution in [0.5, 0.6) is 5.75 Å². The fourth-order valence-electron chi connectivity index (χ4n) is 0.902. The fraction of sp³-hybridized carbons (Fsp3) is 0.125. The summed E-state index contributed by atoms with van der Waals surface area (Å²) in [5.74, 6) is -0.548. The summed E-state index contributed by atoms with van der Waals surface area (Å²) in [5.41, 5.74) is -0.0211. The van der Waals surface area contributed by atoms with Gasteiger partial charge in [-0.15, -0.1) is 0 Å². The Labute approximate surface area is 84.2 Å². The predicted molar refractivity (Wildman–Crippen MR) is 48.1 cm³/mol. The van der Waals surface area contributed by atoms with Gasteiger partial charge in [0, 0.05) is 6.07 Å². The summed E-state index contributed by atoms with van der Waals surface area (Å²) in [7, 11) is 1.30. The van der Waals surface area contributed by atoms with Crippen LogP contribution >= 0.6 is 23.2 Å². The molecule has 0 aliphatic heterocycles. The third kappa shape index (κ3) is 2.11. The summed E-state index contributed by atoms with van der Waals surface area (Å²) < 4.78 is 17.5. The summed E-state index contributed by atoms with van der Waals surface area (Å²) in [6, 6.07) is 2.04. The van der Waals surface area contributed by atoms with Gasteiger partial charge < -0.3 is 4.74 Å². The van der Waals surface area contributed by atoms with E-state index in [1.165, 1.54) is 7.11 Å². The minimum atomic E-state index is -0.776. The van der Waals surface area contributed by atoms with E-state index in [2.05, 4.69) is 0 Å². The molecule has 1 aromatic carbocycles. The molecule has 0 radical (unpaired) electrons. The number of ether oxygens (including phenoxy) is 1. The molecule has 0 atom stereocenters. The fourth-order valence-corrected chi connectivity index (χ4v) is 1.43. The van der Waals surface area contributed by atoms with Crippen molar-refractivity contribution in [3.8, 4) is 5.75 Å². The second-order valence-corrected chi connectivity index (χ2v) is 2.99. The number of halogens is 3. The van der Waals surface area contributed by atoms with E-state index in [0.717, 1.165) is 12.1 Å². The van der Waals surface area contributed by atoms with Gasteiger partial charge in [0.1, 0.15) is 11.6 Å². The van der Waals surface area contributed by atoms with Crippen molar-refractivity contribution in [2.45, 2.75) is 0 Å². The first-order chi connectivity index (χ1) is 6.06. The number of carbonyl (C=O) groups excluding carboxylic acids is 1. The van der Waals surface area contributed by atoms with Crippen molar-refractivity contribution in [2.75, 3.05) is 7.11 Å². The van der Waals surface area contributed by atoms with E-state index >= 15 is 0 Å². The van der Waals surface area contributed by atoms with Gasteiger partial charge in [0.25, 0.3) is 5.24 Å². The van der Waals surface area contributed by atoms with Crippen molar-refractivity contribution in [2.24, 2.45) is 0 Å². The number of rotatable bonds is 2. The topological polar surface area (TPSA) is 26.3 Å². The van der Waals surface area contributed by atoms with Crippen LogP contribution in [0.4, 0.5) is 4.39 Å². The second-order valence-electron chi connectivity index (χ2n) is 2.24. The van der Waals surface area contributed by atoms with Gasteiger partial charge in [-0.3, -0.25) is 4.79 Å². The van der Waals surface area contributed by atoms with Gasteiger partial charge in [0.05, 0.1) is 17.7 Å². The van der Waals surface area contributed by atoms with Crippen LogP contribution in [0.15, 0.2) is 12.1 Å². The molecule has 0 heterocycles. The monoisotopic (exact) mass is 222 g/mol. The molecule has 70 valence electrons. The molecule has 0 spiro atoms. The predicted octanol–water partition coefficient (Wildman–Crippen LogP) is 2.87. The Kier molecular flexibility index (Phi) is 3.12. The molecule has 0 fully saturated rings. The Morgan fingerprint density at radius 3 is 2.62 bits per heavy atom. The van der Waals surface area contributed by atoms with Gasteiger partial charge in [0.2, 0.25) is 0 Å². The van der Waals surface area contributed by atoms with E-state index < -0.39 is 11.1 Å².